The second-order valence-corrected chi connectivity index (χ2v) is 8.33. The average Bonchev–Trinajstić information content (AvgIpc) is 3.08. The summed E-state index contributed by atoms with van der Waals surface area (Å²) in [5, 5.41) is 24.8. The topological polar surface area (TPSA) is 121 Å². The molecule has 150 valence electrons. The third kappa shape index (κ3) is 3.07. The first-order chi connectivity index (χ1) is 13.8. The molecule has 1 fully saturated rings. The van der Waals surface area contributed by atoms with Crippen molar-refractivity contribution in [1.82, 2.24) is 29.7 Å². The molecule has 1 saturated carbocycles. The molecule has 4 aromatic rings. The zero-order chi connectivity index (χ0) is 20.3. The van der Waals surface area contributed by atoms with E-state index >= 15 is 0 Å². The number of hydrogen-bond donors (Lipinski definition) is 2. The van der Waals surface area contributed by atoms with Gasteiger partial charge in [0.1, 0.15) is 23.0 Å². The third-order valence-corrected chi connectivity index (χ3v) is 5.09. The Labute approximate surface area is 167 Å². The average molecular weight is 393 g/mol. The summed E-state index contributed by atoms with van der Waals surface area (Å²) in [4.78, 5) is 4.25. The number of nitrogens with two attached hydrogens (primary N) is 1. The standard InChI is InChI=1S/C20H23N7O2/c1-20(2,28)10-27-13-6-8-22-19(21)15(13)16(24-27)17-14(12-7-9-26(3)23-12)18(29-25-17)11-4-5-11/h6-9,11,28H,4-5,10H2,1-3H3,(H2,21,22). The van der Waals surface area contributed by atoms with Crippen molar-refractivity contribution in [2.45, 2.75) is 44.8 Å². The zero-order valence-electron chi connectivity index (χ0n) is 16.6. The maximum absolute atomic E-state index is 10.3. The minimum Gasteiger partial charge on any atom is -0.389 e. The van der Waals surface area contributed by atoms with E-state index in [1.165, 1.54) is 0 Å². The van der Waals surface area contributed by atoms with Crippen molar-refractivity contribution in [3.8, 4) is 22.6 Å². The van der Waals surface area contributed by atoms with Crippen LogP contribution in [0, 0.1) is 0 Å². The summed E-state index contributed by atoms with van der Waals surface area (Å²) in [5.74, 6) is 1.56. The molecule has 0 radical (unpaired) electrons. The molecule has 0 spiro atoms. The van der Waals surface area contributed by atoms with Crippen LogP contribution >= 0.6 is 0 Å². The number of aryl methyl sites for hydroxylation is 1. The summed E-state index contributed by atoms with van der Waals surface area (Å²) in [6.07, 6.45) is 5.68. The van der Waals surface area contributed by atoms with Gasteiger partial charge in [-0.05, 0) is 38.8 Å². The van der Waals surface area contributed by atoms with Crippen LogP contribution in [-0.4, -0.2) is 40.4 Å². The molecule has 0 amide bonds. The summed E-state index contributed by atoms with van der Waals surface area (Å²) in [6.45, 7) is 3.79. The van der Waals surface area contributed by atoms with Crippen molar-refractivity contribution >= 4 is 16.7 Å². The fourth-order valence-electron chi connectivity index (χ4n) is 3.69. The molecule has 0 atom stereocenters. The van der Waals surface area contributed by atoms with Crippen LogP contribution in [0.3, 0.4) is 0 Å². The summed E-state index contributed by atoms with van der Waals surface area (Å²) >= 11 is 0. The monoisotopic (exact) mass is 393 g/mol. The maximum atomic E-state index is 10.3. The molecule has 1 aliphatic rings. The molecular weight excluding hydrogens is 370 g/mol. The molecule has 0 bridgehead atoms. The Morgan fingerprint density at radius 3 is 2.69 bits per heavy atom. The van der Waals surface area contributed by atoms with Crippen molar-refractivity contribution in [3.63, 3.8) is 0 Å². The minimum absolute atomic E-state index is 0.305. The van der Waals surface area contributed by atoms with E-state index < -0.39 is 5.60 Å². The van der Waals surface area contributed by atoms with Gasteiger partial charge in [0.15, 0.2) is 0 Å². The number of nitrogens with zero attached hydrogens (tertiary/aromatic N) is 6. The SMILES string of the molecule is Cn1ccc(-c2c(-c3nn(CC(C)(C)O)c4ccnc(N)c34)noc2C2CC2)n1. The highest BCUT2D eigenvalue weighted by Gasteiger charge is 2.35. The molecule has 0 unspecified atom stereocenters. The van der Waals surface area contributed by atoms with E-state index in [-0.39, 0.29) is 0 Å². The first-order valence-electron chi connectivity index (χ1n) is 9.65. The molecule has 9 heteroatoms. The normalized spacial score (nSPS) is 14.8. The van der Waals surface area contributed by atoms with Gasteiger partial charge in [-0.25, -0.2) is 4.98 Å². The second-order valence-electron chi connectivity index (χ2n) is 8.33. The third-order valence-electron chi connectivity index (χ3n) is 5.09. The van der Waals surface area contributed by atoms with Crippen LogP contribution in [0.15, 0.2) is 29.0 Å². The lowest BCUT2D eigenvalue weighted by molar-refractivity contribution is 0.0592. The highest BCUT2D eigenvalue weighted by Crippen LogP contribution is 2.48. The smallest absolute Gasteiger partial charge is 0.149 e. The lowest BCUT2D eigenvalue weighted by Gasteiger charge is -2.17. The molecule has 0 aliphatic heterocycles. The number of hydrogen-bond acceptors (Lipinski definition) is 7. The predicted octanol–water partition coefficient (Wildman–Crippen LogP) is 2.72. The van der Waals surface area contributed by atoms with Gasteiger partial charge in [0.25, 0.3) is 0 Å². The fraction of sp³-hybridized carbons (Fsp3) is 0.400. The summed E-state index contributed by atoms with van der Waals surface area (Å²) in [7, 11) is 1.88. The Morgan fingerprint density at radius 1 is 1.24 bits per heavy atom. The van der Waals surface area contributed by atoms with Crippen LogP contribution in [-0.2, 0) is 13.6 Å². The van der Waals surface area contributed by atoms with Gasteiger partial charge in [-0.3, -0.25) is 9.36 Å². The van der Waals surface area contributed by atoms with Gasteiger partial charge < -0.3 is 15.4 Å². The Balaban J connectivity index is 1.77. The van der Waals surface area contributed by atoms with Crippen LogP contribution in [0.1, 0.15) is 38.4 Å². The first kappa shape index (κ1) is 17.9. The van der Waals surface area contributed by atoms with E-state index in [9.17, 15) is 5.11 Å². The number of aliphatic hydroxyl groups is 1. The molecule has 3 N–H and O–H groups in total. The largest absolute Gasteiger partial charge is 0.389 e. The van der Waals surface area contributed by atoms with Crippen molar-refractivity contribution < 1.29 is 9.63 Å². The molecule has 4 aromatic heterocycles. The molecule has 0 aromatic carbocycles. The summed E-state index contributed by atoms with van der Waals surface area (Å²) in [5.41, 5.74) is 8.92. The van der Waals surface area contributed by atoms with Gasteiger partial charge in [-0.2, -0.15) is 10.2 Å². The summed E-state index contributed by atoms with van der Waals surface area (Å²) < 4.78 is 9.28. The Bertz CT molecular complexity index is 1210. The van der Waals surface area contributed by atoms with Crippen LogP contribution < -0.4 is 5.73 Å². The van der Waals surface area contributed by atoms with E-state index in [1.54, 1.807) is 29.4 Å². The van der Waals surface area contributed by atoms with Gasteiger partial charge in [0.05, 0.1) is 34.3 Å². The van der Waals surface area contributed by atoms with Crippen LogP contribution in [0.2, 0.25) is 0 Å². The van der Waals surface area contributed by atoms with Crippen LogP contribution in [0.25, 0.3) is 33.5 Å². The Kier molecular flexibility index (Phi) is 3.79. The number of pyridine rings is 1. The van der Waals surface area contributed by atoms with Crippen LogP contribution in [0.4, 0.5) is 5.82 Å². The fourth-order valence-corrected chi connectivity index (χ4v) is 3.69. The second kappa shape index (κ2) is 6.15. The van der Waals surface area contributed by atoms with Crippen LogP contribution in [0.5, 0.6) is 0 Å². The number of anilines is 1. The van der Waals surface area contributed by atoms with Crippen molar-refractivity contribution in [2.24, 2.45) is 7.05 Å². The predicted molar refractivity (Wildman–Crippen MR) is 108 cm³/mol. The van der Waals surface area contributed by atoms with Crippen molar-refractivity contribution in [3.05, 3.63) is 30.3 Å². The molecule has 9 nitrogen and oxygen atoms in total. The lowest BCUT2D eigenvalue weighted by Crippen LogP contribution is -2.26. The van der Waals surface area contributed by atoms with E-state index in [2.05, 4.69) is 15.2 Å². The van der Waals surface area contributed by atoms with Gasteiger partial charge >= 0.3 is 0 Å². The van der Waals surface area contributed by atoms with Gasteiger partial charge in [0, 0.05) is 25.4 Å². The lowest BCUT2D eigenvalue weighted by atomic mass is 10.0. The highest BCUT2D eigenvalue weighted by molar-refractivity contribution is 6.02. The molecule has 5 rings (SSSR count). The quantitative estimate of drug-likeness (QED) is 0.535. The van der Waals surface area contributed by atoms with Crippen molar-refractivity contribution in [1.29, 1.82) is 0 Å². The van der Waals surface area contributed by atoms with E-state index in [0.29, 0.717) is 35.1 Å². The van der Waals surface area contributed by atoms with Gasteiger partial charge in [-0.1, -0.05) is 5.16 Å². The molecular formula is C20H23N7O2. The number of nitrogen functional groups attached to an aromatic ring is 1. The summed E-state index contributed by atoms with van der Waals surface area (Å²) in [6, 6.07) is 3.79. The molecule has 0 saturated heterocycles. The van der Waals surface area contributed by atoms with Crippen molar-refractivity contribution in [2.75, 3.05) is 5.73 Å². The first-order valence-corrected chi connectivity index (χ1v) is 9.65. The Hall–Kier alpha value is -3.20. The molecule has 1 aliphatic carbocycles. The Morgan fingerprint density at radius 2 is 2.03 bits per heavy atom. The minimum atomic E-state index is -0.943. The molecule has 29 heavy (non-hydrogen) atoms. The van der Waals surface area contributed by atoms with E-state index in [1.807, 2.05) is 25.4 Å². The van der Waals surface area contributed by atoms with Gasteiger partial charge in [0.2, 0.25) is 0 Å². The van der Waals surface area contributed by atoms with E-state index in [0.717, 1.165) is 35.4 Å². The zero-order valence-corrected chi connectivity index (χ0v) is 16.6. The maximum Gasteiger partial charge on any atom is 0.149 e. The number of fused-ring (bicyclic) bond motifs is 1. The highest BCUT2D eigenvalue weighted by atomic mass is 16.5. The number of rotatable bonds is 5. The van der Waals surface area contributed by atoms with Gasteiger partial charge in [-0.15, -0.1) is 0 Å². The van der Waals surface area contributed by atoms with E-state index in [4.69, 9.17) is 15.4 Å². The molecule has 4 heterocycles. The number of aromatic nitrogens is 6.